The van der Waals surface area contributed by atoms with E-state index in [-0.39, 0.29) is 23.8 Å². The maximum atomic E-state index is 12.4. The van der Waals surface area contributed by atoms with Crippen LogP contribution in [-0.2, 0) is 9.59 Å². The van der Waals surface area contributed by atoms with Crippen molar-refractivity contribution in [3.8, 4) is 0 Å². The smallest absolute Gasteiger partial charge is 0.244 e. The van der Waals surface area contributed by atoms with Crippen molar-refractivity contribution < 1.29 is 9.59 Å². The van der Waals surface area contributed by atoms with E-state index in [1.165, 1.54) is 50.5 Å². The number of allylic oxidation sites excluding steroid dienone is 1. The van der Waals surface area contributed by atoms with Gasteiger partial charge in [0, 0.05) is 19.2 Å². The summed E-state index contributed by atoms with van der Waals surface area (Å²) in [6, 6.07) is 0. The molecule has 1 saturated heterocycles. The first-order valence-electron chi connectivity index (χ1n) is 10.3. The van der Waals surface area contributed by atoms with E-state index in [1.54, 1.807) is 6.08 Å². The maximum absolute atomic E-state index is 12.4. The van der Waals surface area contributed by atoms with Gasteiger partial charge in [-0.05, 0) is 87.9 Å². The molecule has 0 aromatic carbocycles. The van der Waals surface area contributed by atoms with Crippen molar-refractivity contribution in [2.45, 2.75) is 64.7 Å². The third-order valence-corrected chi connectivity index (χ3v) is 7.34. The van der Waals surface area contributed by atoms with Gasteiger partial charge < -0.3 is 10.2 Å². The molecule has 5 fully saturated rings. The molecule has 0 radical (unpaired) electrons. The minimum Gasteiger partial charge on any atom is -0.343 e. The number of carbonyl (C=O) groups is 2. The summed E-state index contributed by atoms with van der Waals surface area (Å²) in [6.45, 7) is 3.98. The lowest BCUT2D eigenvalue weighted by Gasteiger charge is -2.57. The maximum Gasteiger partial charge on any atom is 0.244 e. The predicted molar refractivity (Wildman–Crippen MR) is 97.8 cm³/mol. The van der Waals surface area contributed by atoms with Crippen molar-refractivity contribution in [1.82, 2.24) is 10.2 Å². The summed E-state index contributed by atoms with van der Waals surface area (Å²) < 4.78 is 0. The van der Waals surface area contributed by atoms with E-state index < -0.39 is 0 Å². The molecular weight excluding hydrogens is 312 g/mol. The number of hydrogen-bond donors (Lipinski definition) is 1. The second-order valence-corrected chi connectivity index (χ2v) is 9.18. The molecule has 4 heteroatoms. The van der Waals surface area contributed by atoms with Gasteiger partial charge in [-0.3, -0.25) is 9.59 Å². The Bertz CT molecular complexity index is 539. The topological polar surface area (TPSA) is 49.4 Å². The van der Waals surface area contributed by atoms with Crippen LogP contribution in [0, 0.1) is 23.2 Å². The summed E-state index contributed by atoms with van der Waals surface area (Å²) in [6.07, 6.45) is 13.3. The van der Waals surface area contributed by atoms with Gasteiger partial charge in [-0.15, -0.1) is 0 Å². The second kappa shape index (κ2) is 6.77. The first-order valence-corrected chi connectivity index (χ1v) is 10.3. The van der Waals surface area contributed by atoms with Crippen molar-refractivity contribution in [1.29, 1.82) is 0 Å². The Hall–Kier alpha value is -1.32. The summed E-state index contributed by atoms with van der Waals surface area (Å²) in [5.74, 6) is 2.64. The number of nitrogens with zero attached hydrogens (tertiary/aromatic N) is 1. The number of piperidine rings is 1. The minimum atomic E-state index is -0.0846. The number of amides is 2. The van der Waals surface area contributed by atoms with Crippen molar-refractivity contribution >= 4 is 11.8 Å². The van der Waals surface area contributed by atoms with Crippen molar-refractivity contribution in [3.05, 3.63) is 11.6 Å². The zero-order chi connectivity index (χ0) is 17.4. The Balaban J connectivity index is 1.34. The van der Waals surface area contributed by atoms with Gasteiger partial charge in [-0.2, -0.15) is 0 Å². The van der Waals surface area contributed by atoms with Crippen molar-refractivity contribution in [2.75, 3.05) is 19.6 Å². The highest BCUT2D eigenvalue weighted by atomic mass is 16.2. The second-order valence-electron chi connectivity index (χ2n) is 9.18. The zero-order valence-electron chi connectivity index (χ0n) is 15.6. The number of nitrogens with one attached hydrogen (secondary N) is 1. The van der Waals surface area contributed by atoms with Gasteiger partial charge in [-0.25, -0.2) is 0 Å². The molecule has 0 spiro atoms. The molecule has 4 nitrogen and oxygen atoms in total. The molecule has 0 aromatic rings. The highest BCUT2D eigenvalue weighted by Crippen LogP contribution is 2.62. The lowest BCUT2D eigenvalue weighted by molar-refractivity contribution is -0.132. The van der Waals surface area contributed by atoms with Gasteiger partial charge in [0.25, 0.3) is 0 Å². The van der Waals surface area contributed by atoms with Gasteiger partial charge in [0.2, 0.25) is 11.8 Å². The van der Waals surface area contributed by atoms with Crippen LogP contribution < -0.4 is 5.32 Å². The van der Waals surface area contributed by atoms with Gasteiger partial charge in [-0.1, -0.05) is 5.57 Å². The fourth-order valence-corrected chi connectivity index (χ4v) is 6.41. The molecule has 0 unspecified atom stereocenters. The van der Waals surface area contributed by atoms with Crippen molar-refractivity contribution in [3.63, 3.8) is 0 Å². The van der Waals surface area contributed by atoms with Gasteiger partial charge in [0.05, 0.1) is 6.54 Å². The molecule has 138 valence electrons. The van der Waals surface area contributed by atoms with Crippen LogP contribution in [0.15, 0.2) is 11.6 Å². The minimum absolute atomic E-state index is 0.0638. The predicted octanol–water partition coefficient (Wildman–Crippen LogP) is 3.28. The van der Waals surface area contributed by atoms with Gasteiger partial charge in [0.15, 0.2) is 0 Å². The molecule has 0 atom stereocenters. The number of rotatable bonds is 4. The van der Waals surface area contributed by atoms with Crippen LogP contribution in [0.5, 0.6) is 0 Å². The summed E-state index contributed by atoms with van der Waals surface area (Å²) in [5, 5.41) is 2.84. The fourth-order valence-electron chi connectivity index (χ4n) is 6.41. The average Bonchev–Trinajstić information content (AvgIpc) is 2.59. The van der Waals surface area contributed by atoms with Crippen molar-refractivity contribution in [2.24, 2.45) is 23.2 Å². The molecule has 5 rings (SSSR count). The van der Waals surface area contributed by atoms with E-state index in [9.17, 15) is 9.59 Å². The quantitative estimate of drug-likeness (QED) is 0.796. The molecule has 4 aliphatic carbocycles. The number of likely N-dealkylation sites (tertiary alicyclic amines) is 1. The van der Waals surface area contributed by atoms with E-state index in [4.69, 9.17) is 0 Å². The Morgan fingerprint density at radius 2 is 1.56 bits per heavy atom. The standard InChI is InChI=1S/C21H32N2O2/c1-15(21-11-16-8-17(12-21)10-18(9-16)13-21)7-19(24)22-14-20(25)23-5-3-2-4-6-23/h7,16-18H,2-6,8-14H2,1H3,(H,22,24)/b15-7+. The van der Waals surface area contributed by atoms with Crippen LogP contribution in [0.3, 0.4) is 0 Å². The molecule has 5 aliphatic rings. The largest absolute Gasteiger partial charge is 0.343 e. The lowest BCUT2D eigenvalue weighted by atomic mass is 9.48. The Kier molecular flexibility index (Phi) is 4.63. The molecule has 1 aliphatic heterocycles. The van der Waals surface area contributed by atoms with E-state index in [0.29, 0.717) is 0 Å². The fraction of sp³-hybridized carbons (Fsp3) is 0.810. The highest BCUT2D eigenvalue weighted by Gasteiger charge is 2.51. The molecule has 25 heavy (non-hydrogen) atoms. The number of carbonyl (C=O) groups excluding carboxylic acids is 2. The summed E-state index contributed by atoms with van der Waals surface area (Å²) in [7, 11) is 0. The normalized spacial score (nSPS) is 37.2. The number of hydrogen-bond acceptors (Lipinski definition) is 2. The van der Waals surface area contributed by atoms with Crippen LogP contribution >= 0.6 is 0 Å². The molecule has 4 bridgehead atoms. The molecule has 4 saturated carbocycles. The molecule has 2 amide bonds. The summed E-state index contributed by atoms with van der Waals surface area (Å²) in [4.78, 5) is 26.5. The SMILES string of the molecule is C/C(=C\C(=O)NCC(=O)N1CCCCC1)C12CC3CC(CC(C3)C1)C2. The zero-order valence-corrected chi connectivity index (χ0v) is 15.6. The molecular formula is C21H32N2O2. The monoisotopic (exact) mass is 344 g/mol. The van der Waals surface area contributed by atoms with Gasteiger partial charge >= 0.3 is 0 Å². The van der Waals surface area contributed by atoms with E-state index in [1.807, 2.05) is 4.90 Å². The Morgan fingerprint density at radius 1 is 1.00 bits per heavy atom. The third-order valence-electron chi connectivity index (χ3n) is 7.34. The molecule has 1 N–H and O–H groups in total. The van der Waals surface area contributed by atoms with E-state index in [0.717, 1.165) is 43.7 Å². The Labute approximate surface area is 151 Å². The summed E-state index contributed by atoms with van der Waals surface area (Å²) in [5.41, 5.74) is 1.54. The average molecular weight is 344 g/mol. The molecule has 0 aromatic heterocycles. The van der Waals surface area contributed by atoms with E-state index in [2.05, 4.69) is 12.2 Å². The Morgan fingerprint density at radius 3 is 2.12 bits per heavy atom. The van der Waals surface area contributed by atoms with Crippen LogP contribution in [0.2, 0.25) is 0 Å². The van der Waals surface area contributed by atoms with Crippen LogP contribution in [0.25, 0.3) is 0 Å². The molecule has 1 heterocycles. The third kappa shape index (κ3) is 3.50. The first-order chi connectivity index (χ1) is 12.0. The van der Waals surface area contributed by atoms with E-state index >= 15 is 0 Å². The lowest BCUT2D eigenvalue weighted by Crippen LogP contribution is -2.47. The first kappa shape index (κ1) is 17.1. The van der Waals surface area contributed by atoms with Gasteiger partial charge in [0.1, 0.15) is 0 Å². The van der Waals surface area contributed by atoms with Crippen LogP contribution in [-0.4, -0.2) is 36.3 Å². The highest BCUT2D eigenvalue weighted by molar-refractivity contribution is 5.91. The summed E-state index contributed by atoms with van der Waals surface area (Å²) >= 11 is 0. The van der Waals surface area contributed by atoms with Crippen LogP contribution in [0.4, 0.5) is 0 Å². The van der Waals surface area contributed by atoms with Crippen LogP contribution in [0.1, 0.15) is 64.7 Å².